The second-order valence-corrected chi connectivity index (χ2v) is 3.64. The highest BCUT2D eigenvalue weighted by molar-refractivity contribution is 5.74. The van der Waals surface area contributed by atoms with Crippen molar-refractivity contribution in [2.24, 2.45) is 0 Å². The Kier molecular flexibility index (Phi) is 3.92. The zero-order chi connectivity index (χ0) is 10.6. The van der Waals surface area contributed by atoms with Gasteiger partial charge in [-0.05, 0) is 26.7 Å². The maximum atomic E-state index is 11.8. The Balaban J connectivity index is 2.35. The molecule has 0 heterocycles. The van der Waals surface area contributed by atoms with Crippen LogP contribution in [-0.2, 0) is 0 Å². The van der Waals surface area contributed by atoms with Crippen LogP contribution in [0.5, 0.6) is 0 Å². The Morgan fingerprint density at radius 3 is 2.79 bits per heavy atom. The molecule has 0 aromatic rings. The van der Waals surface area contributed by atoms with Gasteiger partial charge < -0.3 is 10.6 Å². The summed E-state index contributed by atoms with van der Waals surface area (Å²) in [6, 6.07) is -0.142. The van der Waals surface area contributed by atoms with Gasteiger partial charge in [-0.2, -0.15) is 0 Å². The van der Waals surface area contributed by atoms with Crippen molar-refractivity contribution in [1.82, 2.24) is 10.6 Å². The average molecular weight is 200 g/mol. The average Bonchev–Trinajstić information content (AvgIpc) is 2.46. The molecule has 14 heavy (non-hydrogen) atoms. The predicted molar refractivity (Wildman–Crippen MR) is 53.9 cm³/mol. The molecular formula is C10H17FN2O. The van der Waals surface area contributed by atoms with Crippen LogP contribution in [0, 0.1) is 0 Å². The Bertz CT molecular complexity index is 251. The Hall–Kier alpha value is -1.06. The lowest BCUT2D eigenvalue weighted by Crippen LogP contribution is -2.42. The summed E-state index contributed by atoms with van der Waals surface area (Å²) in [5, 5.41) is 5.27. The highest BCUT2D eigenvalue weighted by Crippen LogP contribution is 2.25. The van der Waals surface area contributed by atoms with Gasteiger partial charge in [0.1, 0.15) is 6.67 Å². The third-order valence-electron chi connectivity index (χ3n) is 2.69. The molecule has 1 aliphatic rings. The van der Waals surface area contributed by atoms with Crippen LogP contribution in [0.15, 0.2) is 11.1 Å². The van der Waals surface area contributed by atoms with E-state index >= 15 is 0 Å². The fraction of sp³-hybridized carbons (Fsp3) is 0.700. The molecule has 1 unspecified atom stereocenters. The molecule has 0 aliphatic heterocycles. The van der Waals surface area contributed by atoms with Crippen LogP contribution >= 0.6 is 0 Å². The first-order chi connectivity index (χ1) is 6.65. The number of halogens is 1. The molecule has 0 saturated heterocycles. The summed E-state index contributed by atoms with van der Waals surface area (Å²) in [7, 11) is 0. The normalized spacial score (nSPS) is 21.2. The molecule has 0 spiro atoms. The number of urea groups is 1. The van der Waals surface area contributed by atoms with E-state index in [2.05, 4.69) is 17.6 Å². The molecular weight excluding hydrogens is 183 g/mol. The van der Waals surface area contributed by atoms with Gasteiger partial charge in [0.25, 0.3) is 0 Å². The quantitative estimate of drug-likeness (QED) is 0.669. The smallest absolute Gasteiger partial charge is 0.315 e. The van der Waals surface area contributed by atoms with Crippen molar-refractivity contribution in [3.8, 4) is 0 Å². The molecule has 0 bridgehead atoms. The lowest BCUT2D eigenvalue weighted by molar-refractivity contribution is 0.237. The first kappa shape index (κ1) is 11.0. The van der Waals surface area contributed by atoms with E-state index in [4.69, 9.17) is 0 Å². The van der Waals surface area contributed by atoms with Gasteiger partial charge in [-0.3, -0.25) is 0 Å². The molecule has 1 aliphatic carbocycles. The summed E-state index contributed by atoms with van der Waals surface area (Å²) >= 11 is 0. The van der Waals surface area contributed by atoms with Crippen LogP contribution in [-0.4, -0.2) is 25.3 Å². The standard InChI is InChI=1S/C10H17FN2O/c1-7-3-4-9(8(7)2)13-10(14)12-6-5-11/h9H,3-6H2,1-2H3,(H2,12,13,14). The molecule has 1 rings (SSSR count). The zero-order valence-corrected chi connectivity index (χ0v) is 8.69. The highest BCUT2D eigenvalue weighted by Gasteiger charge is 2.20. The third kappa shape index (κ3) is 2.72. The molecule has 3 nitrogen and oxygen atoms in total. The Morgan fingerprint density at radius 2 is 2.29 bits per heavy atom. The van der Waals surface area contributed by atoms with Crippen LogP contribution < -0.4 is 10.6 Å². The van der Waals surface area contributed by atoms with Crippen LogP contribution in [0.3, 0.4) is 0 Å². The van der Waals surface area contributed by atoms with Crippen molar-refractivity contribution in [3.63, 3.8) is 0 Å². The van der Waals surface area contributed by atoms with E-state index in [0.717, 1.165) is 12.8 Å². The maximum Gasteiger partial charge on any atom is 0.315 e. The fourth-order valence-electron chi connectivity index (χ4n) is 1.62. The van der Waals surface area contributed by atoms with E-state index < -0.39 is 6.67 Å². The molecule has 4 heteroatoms. The fourth-order valence-corrected chi connectivity index (χ4v) is 1.62. The van der Waals surface area contributed by atoms with Crippen molar-refractivity contribution in [2.75, 3.05) is 13.2 Å². The second-order valence-electron chi connectivity index (χ2n) is 3.64. The molecule has 0 fully saturated rings. The second kappa shape index (κ2) is 4.98. The van der Waals surface area contributed by atoms with E-state index in [9.17, 15) is 9.18 Å². The summed E-state index contributed by atoms with van der Waals surface area (Å²) in [6.45, 7) is 3.67. The molecule has 1 atom stereocenters. The van der Waals surface area contributed by atoms with Crippen molar-refractivity contribution in [3.05, 3.63) is 11.1 Å². The number of carbonyl (C=O) groups excluding carboxylic acids is 1. The van der Waals surface area contributed by atoms with Gasteiger partial charge in [-0.15, -0.1) is 0 Å². The van der Waals surface area contributed by atoms with E-state index in [-0.39, 0.29) is 18.6 Å². The molecule has 2 N–H and O–H groups in total. The number of alkyl halides is 1. The van der Waals surface area contributed by atoms with Gasteiger partial charge >= 0.3 is 6.03 Å². The number of carbonyl (C=O) groups is 1. The molecule has 0 aromatic heterocycles. The SMILES string of the molecule is CC1=C(C)C(NC(=O)NCCF)CC1. The predicted octanol–water partition coefficient (Wildman–Crippen LogP) is 1.75. The molecule has 0 saturated carbocycles. The summed E-state index contributed by atoms with van der Waals surface area (Å²) in [5.41, 5.74) is 2.58. The number of amides is 2. The summed E-state index contributed by atoms with van der Waals surface area (Å²) in [5.74, 6) is 0. The number of hydrogen-bond acceptors (Lipinski definition) is 1. The third-order valence-corrected chi connectivity index (χ3v) is 2.69. The summed E-state index contributed by atoms with van der Waals surface area (Å²) < 4.78 is 11.8. The minimum Gasteiger partial charge on any atom is -0.336 e. The molecule has 80 valence electrons. The maximum absolute atomic E-state index is 11.8. The lowest BCUT2D eigenvalue weighted by atomic mass is 10.1. The van der Waals surface area contributed by atoms with Crippen LogP contribution in [0.25, 0.3) is 0 Å². The van der Waals surface area contributed by atoms with Crippen molar-refractivity contribution < 1.29 is 9.18 Å². The van der Waals surface area contributed by atoms with Crippen LogP contribution in [0.2, 0.25) is 0 Å². The first-order valence-corrected chi connectivity index (χ1v) is 4.91. The topological polar surface area (TPSA) is 41.1 Å². The minimum atomic E-state index is -0.522. The van der Waals surface area contributed by atoms with Gasteiger partial charge in [0.15, 0.2) is 0 Å². The van der Waals surface area contributed by atoms with Crippen molar-refractivity contribution >= 4 is 6.03 Å². The van der Waals surface area contributed by atoms with Gasteiger partial charge in [0.05, 0.1) is 6.04 Å². The first-order valence-electron chi connectivity index (χ1n) is 4.91. The number of rotatable bonds is 3. The number of nitrogens with one attached hydrogen (secondary N) is 2. The number of allylic oxidation sites excluding steroid dienone is 1. The van der Waals surface area contributed by atoms with Crippen LogP contribution in [0.1, 0.15) is 26.7 Å². The number of hydrogen-bond donors (Lipinski definition) is 2. The lowest BCUT2D eigenvalue weighted by Gasteiger charge is -2.14. The largest absolute Gasteiger partial charge is 0.336 e. The van der Waals surface area contributed by atoms with Gasteiger partial charge in [-0.25, -0.2) is 9.18 Å². The van der Waals surface area contributed by atoms with Gasteiger partial charge in [0.2, 0.25) is 0 Å². The van der Waals surface area contributed by atoms with E-state index in [1.54, 1.807) is 0 Å². The molecule has 0 radical (unpaired) electrons. The van der Waals surface area contributed by atoms with E-state index in [1.165, 1.54) is 11.1 Å². The van der Waals surface area contributed by atoms with Crippen LogP contribution in [0.4, 0.5) is 9.18 Å². The summed E-state index contributed by atoms with van der Waals surface area (Å²) in [4.78, 5) is 11.2. The minimum absolute atomic E-state index is 0.0836. The highest BCUT2D eigenvalue weighted by atomic mass is 19.1. The molecule has 0 aromatic carbocycles. The van der Waals surface area contributed by atoms with Crippen molar-refractivity contribution in [2.45, 2.75) is 32.7 Å². The Labute approximate surface area is 83.8 Å². The Morgan fingerprint density at radius 1 is 1.57 bits per heavy atom. The van der Waals surface area contributed by atoms with E-state index in [0.29, 0.717) is 0 Å². The van der Waals surface area contributed by atoms with Gasteiger partial charge in [-0.1, -0.05) is 11.1 Å². The summed E-state index contributed by atoms with van der Waals surface area (Å²) in [6.07, 6.45) is 2.00. The van der Waals surface area contributed by atoms with E-state index in [1.807, 2.05) is 6.92 Å². The molecule has 2 amide bonds. The monoisotopic (exact) mass is 200 g/mol. The van der Waals surface area contributed by atoms with Gasteiger partial charge in [0, 0.05) is 6.54 Å². The zero-order valence-electron chi connectivity index (χ0n) is 8.69. The van der Waals surface area contributed by atoms with Crippen molar-refractivity contribution in [1.29, 1.82) is 0 Å².